The highest BCUT2D eigenvalue weighted by molar-refractivity contribution is 5.82. The van der Waals surface area contributed by atoms with Crippen LogP contribution in [0.2, 0.25) is 0 Å². The summed E-state index contributed by atoms with van der Waals surface area (Å²) in [4.78, 5) is 24.3. The largest absolute Gasteiger partial charge is 0.494 e. The van der Waals surface area contributed by atoms with Gasteiger partial charge in [0.2, 0.25) is 0 Å². The molecule has 4 aromatic rings. The number of benzene rings is 2. The molecule has 206 valence electrons. The van der Waals surface area contributed by atoms with E-state index in [1.54, 1.807) is 4.57 Å². The van der Waals surface area contributed by atoms with Gasteiger partial charge in [0.1, 0.15) is 11.4 Å². The van der Waals surface area contributed by atoms with E-state index in [1.807, 2.05) is 60.8 Å². The van der Waals surface area contributed by atoms with Crippen molar-refractivity contribution < 1.29 is 4.74 Å². The molecule has 0 bridgehead atoms. The number of hydrogen-bond acceptors (Lipinski definition) is 7. The standard InChI is InChI=1S/C28H37N9O2/c29-10-14-32-12-3-15-39-24-5-1-4-21(16-24)25-17-22-19-37(28(38)36-26(22)35-25)23-8-6-20(7-9-23)18-33-11-2-13-34-27(30)31/h1,4-9,16-17,19,32-33H,2-3,10-15,18,29H2,(H4,30,31,34)(H,35,36,38). The second-order valence-electron chi connectivity index (χ2n) is 9.15. The lowest BCUT2D eigenvalue weighted by Gasteiger charge is -2.08. The summed E-state index contributed by atoms with van der Waals surface area (Å²) < 4.78 is 7.46. The minimum Gasteiger partial charge on any atom is -0.494 e. The molecule has 4 rings (SSSR count). The Kier molecular flexibility index (Phi) is 10.1. The van der Waals surface area contributed by atoms with Crippen LogP contribution < -0.4 is 38.3 Å². The van der Waals surface area contributed by atoms with Crippen molar-refractivity contribution in [1.29, 1.82) is 0 Å². The summed E-state index contributed by atoms with van der Waals surface area (Å²) in [5.41, 5.74) is 20.0. The number of fused-ring (bicyclic) bond motifs is 1. The highest BCUT2D eigenvalue weighted by Gasteiger charge is 2.10. The van der Waals surface area contributed by atoms with E-state index in [-0.39, 0.29) is 11.6 Å². The van der Waals surface area contributed by atoms with Gasteiger partial charge >= 0.3 is 5.69 Å². The van der Waals surface area contributed by atoms with Gasteiger partial charge in [0.15, 0.2) is 5.96 Å². The first-order valence-corrected chi connectivity index (χ1v) is 13.2. The second kappa shape index (κ2) is 14.1. The van der Waals surface area contributed by atoms with Crippen molar-refractivity contribution in [3.05, 3.63) is 76.8 Å². The Morgan fingerprint density at radius 3 is 2.64 bits per heavy atom. The van der Waals surface area contributed by atoms with Crippen LogP contribution in [0.25, 0.3) is 28.0 Å². The zero-order chi connectivity index (χ0) is 27.5. The maximum atomic E-state index is 12.8. The Morgan fingerprint density at radius 2 is 1.85 bits per heavy atom. The first-order valence-electron chi connectivity index (χ1n) is 13.2. The average Bonchev–Trinajstić information content (AvgIpc) is 3.35. The maximum Gasteiger partial charge on any atom is 0.354 e. The Bertz CT molecular complexity index is 1420. The van der Waals surface area contributed by atoms with Gasteiger partial charge in [-0.2, -0.15) is 4.98 Å². The fourth-order valence-corrected chi connectivity index (χ4v) is 4.12. The zero-order valence-electron chi connectivity index (χ0n) is 22.0. The quantitative estimate of drug-likeness (QED) is 0.0759. The SMILES string of the molecule is NCCNCCCOc1cccc(-c2cc3cn(-c4ccc(CNCCCN=C(N)N)cc4)c(=O)nc3[nH]2)c1. The molecule has 2 aromatic heterocycles. The van der Waals surface area contributed by atoms with E-state index >= 15 is 0 Å². The summed E-state index contributed by atoms with van der Waals surface area (Å²) in [6.07, 6.45) is 3.56. The van der Waals surface area contributed by atoms with E-state index < -0.39 is 0 Å². The summed E-state index contributed by atoms with van der Waals surface area (Å²) in [5.74, 6) is 0.906. The minimum absolute atomic E-state index is 0.113. The fraction of sp³-hybridized carbons (Fsp3) is 0.321. The van der Waals surface area contributed by atoms with Crippen LogP contribution in [0.4, 0.5) is 0 Å². The lowest BCUT2D eigenvalue weighted by atomic mass is 10.1. The molecule has 0 aliphatic carbocycles. The van der Waals surface area contributed by atoms with Gasteiger partial charge in [-0.05, 0) is 61.8 Å². The molecule has 0 fully saturated rings. The molecular formula is C28H37N9O2. The normalized spacial score (nSPS) is 11.1. The van der Waals surface area contributed by atoms with Crippen LogP contribution in [0.3, 0.4) is 0 Å². The highest BCUT2D eigenvalue weighted by Crippen LogP contribution is 2.26. The minimum atomic E-state index is -0.346. The Hall–Kier alpha value is -4.19. The van der Waals surface area contributed by atoms with Crippen molar-refractivity contribution in [1.82, 2.24) is 25.2 Å². The monoisotopic (exact) mass is 531 g/mol. The van der Waals surface area contributed by atoms with Gasteiger partial charge in [-0.1, -0.05) is 24.3 Å². The van der Waals surface area contributed by atoms with E-state index in [4.69, 9.17) is 21.9 Å². The van der Waals surface area contributed by atoms with Crippen LogP contribution >= 0.6 is 0 Å². The van der Waals surface area contributed by atoms with Crippen molar-refractivity contribution in [3.63, 3.8) is 0 Å². The molecular weight excluding hydrogens is 494 g/mol. The van der Waals surface area contributed by atoms with Gasteiger partial charge < -0.3 is 37.6 Å². The van der Waals surface area contributed by atoms with Crippen LogP contribution in [-0.2, 0) is 6.54 Å². The number of H-pyrrole nitrogens is 1. The summed E-state index contributed by atoms with van der Waals surface area (Å²) in [6, 6.07) is 17.7. The Balaban J connectivity index is 1.39. The van der Waals surface area contributed by atoms with E-state index in [1.165, 1.54) is 0 Å². The first kappa shape index (κ1) is 27.8. The number of nitrogens with zero attached hydrogens (tertiary/aromatic N) is 3. The lowest BCUT2D eigenvalue weighted by Crippen LogP contribution is -2.24. The van der Waals surface area contributed by atoms with Crippen molar-refractivity contribution in [2.45, 2.75) is 19.4 Å². The van der Waals surface area contributed by atoms with Crippen LogP contribution in [0.1, 0.15) is 18.4 Å². The van der Waals surface area contributed by atoms with Gasteiger partial charge in [-0.25, -0.2) is 4.79 Å². The van der Waals surface area contributed by atoms with Crippen LogP contribution in [0.15, 0.2) is 70.6 Å². The number of hydrogen-bond donors (Lipinski definition) is 6. The first-order chi connectivity index (χ1) is 19.0. The molecule has 0 unspecified atom stereocenters. The van der Waals surface area contributed by atoms with Crippen molar-refractivity contribution >= 4 is 17.0 Å². The number of rotatable bonds is 15. The molecule has 11 heteroatoms. The third-order valence-corrected chi connectivity index (χ3v) is 6.09. The smallest absolute Gasteiger partial charge is 0.354 e. The third-order valence-electron chi connectivity index (χ3n) is 6.09. The molecule has 0 saturated heterocycles. The molecule has 0 atom stereocenters. The van der Waals surface area contributed by atoms with Crippen LogP contribution in [0.5, 0.6) is 5.75 Å². The molecule has 2 heterocycles. The maximum absolute atomic E-state index is 12.8. The summed E-state index contributed by atoms with van der Waals surface area (Å²) in [7, 11) is 0. The van der Waals surface area contributed by atoms with Gasteiger partial charge in [-0.15, -0.1) is 0 Å². The van der Waals surface area contributed by atoms with Gasteiger partial charge in [0, 0.05) is 49.0 Å². The molecule has 0 aliphatic rings. The summed E-state index contributed by atoms with van der Waals surface area (Å²) >= 11 is 0. The predicted molar refractivity (Wildman–Crippen MR) is 156 cm³/mol. The van der Waals surface area contributed by atoms with Crippen molar-refractivity contribution in [2.75, 3.05) is 39.3 Å². The summed E-state index contributed by atoms with van der Waals surface area (Å²) in [5, 5.41) is 7.46. The number of ether oxygens (including phenoxy) is 1. The van der Waals surface area contributed by atoms with Crippen molar-refractivity contribution in [2.24, 2.45) is 22.2 Å². The molecule has 0 aliphatic heterocycles. The van der Waals surface area contributed by atoms with E-state index in [9.17, 15) is 4.79 Å². The molecule has 0 saturated carbocycles. The molecule has 2 aromatic carbocycles. The molecule has 0 amide bonds. The van der Waals surface area contributed by atoms with Gasteiger partial charge in [-0.3, -0.25) is 9.56 Å². The highest BCUT2D eigenvalue weighted by atomic mass is 16.5. The van der Waals surface area contributed by atoms with E-state index in [2.05, 4.69) is 25.6 Å². The van der Waals surface area contributed by atoms with E-state index in [0.29, 0.717) is 31.9 Å². The topological polar surface area (TPSA) is 174 Å². The number of aromatic nitrogens is 3. The van der Waals surface area contributed by atoms with Gasteiger partial charge in [0.25, 0.3) is 0 Å². The Morgan fingerprint density at radius 1 is 1.03 bits per heavy atom. The van der Waals surface area contributed by atoms with Gasteiger partial charge in [0.05, 0.1) is 12.3 Å². The molecule has 0 spiro atoms. The number of aliphatic imine (C=N–C) groups is 1. The van der Waals surface area contributed by atoms with Crippen molar-refractivity contribution in [3.8, 4) is 22.7 Å². The number of aromatic amines is 1. The predicted octanol–water partition coefficient (Wildman–Crippen LogP) is 1.45. The Labute approximate surface area is 227 Å². The number of nitrogens with two attached hydrogens (primary N) is 3. The lowest BCUT2D eigenvalue weighted by molar-refractivity contribution is 0.308. The molecule has 0 radical (unpaired) electrons. The van der Waals surface area contributed by atoms with Crippen LogP contribution in [-0.4, -0.2) is 59.8 Å². The molecule has 39 heavy (non-hydrogen) atoms. The van der Waals surface area contributed by atoms with E-state index in [0.717, 1.165) is 66.1 Å². The molecule has 9 N–H and O–H groups in total. The third kappa shape index (κ3) is 8.14. The number of guanidine groups is 1. The fourth-order valence-electron chi connectivity index (χ4n) is 4.12. The average molecular weight is 532 g/mol. The summed E-state index contributed by atoms with van der Waals surface area (Å²) in [6.45, 7) is 5.03. The van der Waals surface area contributed by atoms with Crippen LogP contribution in [0, 0.1) is 0 Å². The molecule has 11 nitrogen and oxygen atoms in total. The second-order valence-corrected chi connectivity index (χ2v) is 9.15. The zero-order valence-corrected chi connectivity index (χ0v) is 22.0. The number of nitrogens with one attached hydrogen (secondary N) is 3.